The molecule has 0 atom stereocenters. The molecule has 0 fully saturated rings. The van der Waals surface area contributed by atoms with Crippen molar-refractivity contribution in [1.29, 1.82) is 0 Å². The molecule has 0 bridgehead atoms. The van der Waals surface area contributed by atoms with Crippen LogP contribution in [0.1, 0.15) is 0 Å². The van der Waals surface area contributed by atoms with Crippen LogP contribution in [0.5, 0.6) is 5.75 Å². The second-order valence-electron chi connectivity index (χ2n) is 3.59. The Morgan fingerprint density at radius 2 is 1.94 bits per heavy atom. The Hall–Kier alpha value is -2.27. The molecule has 18 heavy (non-hydrogen) atoms. The second kappa shape index (κ2) is 5.88. The van der Waals surface area contributed by atoms with E-state index >= 15 is 0 Å². The number of hydrogen-bond donors (Lipinski definition) is 2. The molecule has 0 saturated heterocycles. The molecule has 0 aliphatic rings. The monoisotopic (exact) mass is 245 g/mol. The average molecular weight is 245 g/mol. The highest BCUT2D eigenvalue weighted by atomic mass is 16.6. The van der Waals surface area contributed by atoms with Crippen LogP contribution in [-0.4, -0.2) is 19.2 Å². The van der Waals surface area contributed by atoms with Gasteiger partial charge in [-0.15, -0.1) is 0 Å². The lowest BCUT2D eigenvalue weighted by molar-refractivity contribution is 0.271. The van der Waals surface area contributed by atoms with E-state index in [2.05, 4.69) is 15.8 Å². The molecule has 1 heterocycles. The summed E-state index contributed by atoms with van der Waals surface area (Å²) in [6.07, 6.45) is 1.70. The number of ether oxygens (including phenoxy) is 1. The molecule has 0 spiro atoms. The Morgan fingerprint density at radius 3 is 2.72 bits per heavy atom. The molecule has 0 unspecified atom stereocenters. The van der Waals surface area contributed by atoms with Gasteiger partial charge in [0.1, 0.15) is 11.6 Å². The molecule has 0 amide bonds. The van der Waals surface area contributed by atoms with Crippen molar-refractivity contribution in [2.75, 3.05) is 25.0 Å². The summed E-state index contributed by atoms with van der Waals surface area (Å²) in [6, 6.07) is 11.3. The minimum Gasteiger partial charge on any atom is -0.497 e. The SMILES string of the molecule is CONc1ccnc(Nc2cccc(OC)c2)c1. The van der Waals surface area contributed by atoms with Crippen molar-refractivity contribution < 1.29 is 9.57 Å². The molecule has 0 radical (unpaired) electrons. The lowest BCUT2D eigenvalue weighted by Crippen LogP contribution is -1.98. The first-order valence-electron chi connectivity index (χ1n) is 5.48. The van der Waals surface area contributed by atoms with Crippen molar-refractivity contribution in [2.24, 2.45) is 0 Å². The van der Waals surface area contributed by atoms with E-state index in [9.17, 15) is 0 Å². The van der Waals surface area contributed by atoms with E-state index in [1.165, 1.54) is 0 Å². The smallest absolute Gasteiger partial charge is 0.132 e. The predicted molar refractivity (Wildman–Crippen MR) is 71.1 cm³/mol. The van der Waals surface area contributed by atoms with E-state index in [0.29, 0.717) is 0 Å². The topological polar surface area (TPSA) is 55.4 Å². The van der Waals surface area contributed by atoms with E-state index in [-0.39, 0.29) is 0 Å². The summed E-state index contributed by atoms with van der Waals surface area (Å²) in [4.78, 5) is 9.07. The molecule has 2 aromatic rings. The van der Waals surface area contributed by atoms with Gasteiger partial charge in [-0.05, 0) is 18.2 Å². The summed E-state index contributed by atoms with van der Waals surface area (Å²) in [6.45, 7) is 0. The summed E-state index contributed by atoms with van der Waals surface area (Å²) in [5, 5.41) is 3.19. The minimum absolute atomic E-state index is 0.727. The molecule has 2 N–H and O–H groups in total. The van der Waals surface area contributed by atoms with Gasteiger partial charge in [-0.25, -0.2) is 4.98 Å². The van der Waals surface area contributed by atoms with E-state index in [4.69, 9.17) is 9.57 Å². The number of anilines is 3. The van der Waals surface area contributed by atoms with Crippen molar-refractivity contribution in [3.63, 3.8) is 0 Å². The van der Waals surface area contributed by atoms with Crippen molar-refractivity contribution in [3.8, 4) is 5.75 Å². The molecule has 2 rings (SSSR count). The highest BCUT2D eigenvalue weighted by molar-refractivity contribution is 5.61. The average Bonchev–Trinajstić information content (AvgIpc) is 2.40. The number of hydrogen-bond acceptors (Lipinski definition) is 5. The van der Waals surface area contributed by atoms with Crippen LogP contribution in [0.3, 0.4) is 0 Å². The zero-order valence-electron chi connectivity index (χ0n) is 10.3. The van der Waals surface area contributed by atoms with Crippen LogP contribution in [0.2, 0.25) is 0 Å². The van der Waals surface area contributed by atoms with Gasteiger partial charge in [0, 0.05) is 24.0 Å². The maximum absolute atomic E-state index is 5.16. The van der Waals surface area contributed by atoms with Crippen molar-refractivity contribution in [3.05, 3.63) is 42.6 Å². The number of benzene rings is 1. The maximum atomic E-state index is 5.16. The molecule has 0 saturated carbocycles. The molecule has 5 nitrogen and oxygen atoms in total. The van der Waals surface area contributed by atoms with E-state index in [1.807, 2.05) is 36.4 Å². The van der Waals surface area contributed by atoms with E-state index in [1.54, 1.807) is 20.4 Å². The Morgan fingerprint density at radius 1 is 1.06 bits per heavy atom. The normalized spacial score (nSPS) is 9.89. The summed E-state index contributed by atoms with van der Waals surface area (Å²) < 4.78 is 5.16. The number of rotatable bonds is 5. The van der Waals surface area contributed by atoms with Gasteiger partial charge in [0.05, 0.1) is 19.9 Å². The fraction of sp³-hybridized carbons (Fsp3) is 0.154. The molecule has 1 aromatic heterocycles. The first-order valence-corrected chi connectivity index (χ1v) is 5.48. The van der Waals surface area contributed by atoms with Crippen molar-refractivity contribution in [1.82, 2.24) is 4.98 Å². The summed E-state index contributed by atoms with van der Waals surface area (Å²) >= 11 is 0. The minimum atomic E-state index is 0.727. The number of nitrogens with zero attached hydrogens (tertiary/aromatic N) is 1. The maximum Gasteiger partial charge on any atom is 0.132 e. The van der Waals surface area contributed by atoms with Crippen LogP contribution in [-0.2, 0) is 4.84 Å². The van der Waals surface area contributed by atoms with Gasteiger partial charge in [-0.3, -0.25) is 10.3 Å². The van der Waals surface area contributed by atoms with E-state index in [0.717, 1.165) is 22.9 Å². The van der Waals surface area contributed by atoms with Crippen LogP contribution in [0.25, 0.3) is 0 Å². The Labute approximate surface area is 106 Å². The first-order chi connectivity index (χ1) is 8.81. The van der Waals surface area contributed by atoms with E-state index < -0.39 is 0 Å². The standard InChI is InChI=1S/C13H15N3O2/c1-17-12-5-3-4-10(8-12)15-13-9-11(16-18-2)6-7-14-13/h3-9H,1-2H3,(H2,14,15,16). The third-order valence-electron chi connectivity index (χ3n) is 2.32. The Kier molecular flexibility index (Phi) is 3.98. The van der Waals surface area contributed by atoms with Gasteiger partial charge in [0.2, 0.25) is 0 Å². The molecular formula is C13H15N3O2. The second-order valence-corrected chi connectivity index (χ2v) is 3.59. The number of methoxy groups -OCH3 is 1. The van der Waals surface area contributed by atoms with Gasteiger partial charge in [0.25, 0.3) is 0 Å². The third kappa shape index (κ3) is 3.11. The first kappa shape index (κ1) is 12.2. The van der Waals surface area contributed by atoms with Gasteiger partial charge in [0.15, 0.2) is 0 Å². The van der Waals surface area contributed by atoms with Crippen LogP contribution in [0.15, 0.2) is 42.6 Å². The fourth-order valence-corrected chi connectivity index (χ4v) is 1.53. The van der Waals surface area contributed by atoms with Crippen molar-refractivity contribution in [2.45, 2.75) is 0 Å². The van der Waals surface area contributed by atoms with Gasteiger partial charge < -0.3 is 10.1 Å². The molecule has 5 heteroatoms. The van der Waals surface area contributed by atoms with Crippen LogP contribution in [0.4, 0.5) is 17.2 Å². The van der Waals surface area contributed by atoms with Gasteiger partial charge in [-0.2, -0.15) is 0 Å². The number of nitrogens with one attached hydrogen (secondary N) is 2. The summed E-state index contributed by atoms with van der Waals surface area (Å²) in [7, 11) is 3.20. The number of pyridine rings is 1. The molecule has 0 aliphatic heterocycles. The van der Waals surface area contributed by atoms with Gasteiger partial charge >= 0.3 is 0 Å². The zero-order chi connectivity index (χ0) is 12.8. The predicted octanol–water partition coefficient (Wildman–Crippen LogP) is 2.81. The highest BCUT2D eigenvalue weighted by Gasteiger charge is 1.99. The zero-order valence-corrected chi connectivity index (χ0v) is 10.3. The third-order valence-corrected chi connectivity index (χ3v) is 2.32. The van der Waals surface area contributed by atoms with Crippen LogP contribution in [0, 0.1) is 0 Å². The van der Waals surface area contributed by atoms with Crippen LogP contribution >= 0.6 is 0 Å². The lowest BCUT2D eigenvalue weighted by Gasteiger charge is -2.09. The van der Waals surface area contributed by atoms with Crippen molar-refractivity contribution >= 4 is 17.2 Å². The molecule has 0 aliphatic carbocycles. The molecular weight excluding hydrogens is 230 g/mol. The quantitative estimate of drug-likeness (QED) is 0.793. The summed E-state index contributed by atoms with van der Waals surface area (Å²) in [5.41, 5.74) is 4.50. The highest BCUT2D eigenvalue weighted by Crippen LogP contribution is 2.21. The Balaban J connectivity index is 2.14. The molecule has 94 valence electrons. The largest absolute Gasteiger partial charge is 0.497 e. The van der Waals surface area contributed by atoms with Gasteiger partial charge in [-0.1, -0.05) is 6.07 Å². The molecule has 1 aromatic carbocycles. The Bertz CT molecular complexity index is 517. The fourth-order valence-electron chi connectivity index (χ4n) is 1.53. The summed E-state index contributed by atoms with van der Waals surface area (Å²) in [5.74, 6) is 1.52. The van der Waals surface area contributed by atoms with Crippen LogP contribution < -0.4 is 15.5 Å². The lowest BCUT2D eigenvalue weighted by atomic mass is 10.3. The number of aromatic nitrogens is 1.